The van der Waals surface area contributed by atoms with Gasteiger partial charge in [0.1, 0.15) is 11.3 Å². The zero-order chi connectivity index (χ0) is 16.4. The molecular formula is C18H19N3O2. The van der Waals surface area contributed by atoms with Gasteiger partial charge in [-0.3, -0.25) is 4.79 Å². The van der Waals surface area contributed by atoms with E-state index < -0.39 is 5.66 Å². The molecular weight excluding hydrogens is 290 g/mol. The summed E-state index contributed by atoms with van der Waals surface area (Å²) in [4.78, 5) is 12.1. The number of furan rings is 1. The Hall–Kier alpha value is -2.61. The third kappa shape index (κ3) is 3.26. The van der Waals surface area contributed by atoms with Gasteiger partial charge < -0.3 is 9.73 Å². The molecule has 2 heterocycles. The smallest absolute Gasteiger partial charge is 0.224 e. The number of nitrogens with zero attached hydrogens (tertiary/aromatic N) is 2. The van der Waals surface area contributed by atoms with Crippen LogP contribution in [0.4, 0.5) is 5.69 Å². The number of fused-ring (bicyclic) bond motifs is 1. The molecule has 1 aromatic carbocycles. The average molecular weight is 309 g/mol. The molecule has 5 nitrogen and oxygen atoms in total. The molecule has 23 heavy (non-hydrogen) atoms. The maximum absolute atomic E-state index is 12.1. The van der Waals surface area contributed by atoms with Gasteiger partial charge in [-0.2, -0.15) is 10.2 Å². The molecule has 1 amide bonds. The van der Waals surface area contributed by atoms with Crippen molar-refractivity contribution in [3.8, 4) is 12.3 Å². The lowest BCUT2D eigenvalue weighted by Crippen LogP contribution is -2.17. The zero-order valence-corrected chi connectivity index (χ0v) is 13.3. The summed E-state index contributed by atoms with van der Waals surface area (Å²) >= 11 is 0. The molecule has 0 saturated carbocycles. The van der Waals surface area contributed by atoms with E-state index >= 15 is 0 Å². The molecule has 1 aliphatic rings. The first-order chi connectivity index (χ1) is 11.0. The summed E-state index contributed by atoms with van der Waals surface area (Å²) in [5.74, 6) is 3.44. The Morgan fingerprint density at radius 3 is 2.83 bits per heavy atom. The van der Waals surface area contributed by atoms with Crippen LogP contribution in [0.15, 0.2) is 32.8 Å². The number of carbonyl (C=O) groups is 1. The molecule has 5 heteroatoms. The number of nitrogens with one attached hydrogen (secondary N) is 1. The van der Waals surface area contributed by atoms with Gasteiger partial charge >= 0.3 is 0 Å². The van der Waals surface area contributed by atoms with Crippen molar-refractivity contribution in [2.75, 3.05) is 5.32 Å². The Morgan fingerprint density at radius 1 is 1.35 bits per heavy atom. The summed E-state index contributed by atoms with van der Waals surface area (Å²) < 4.78 is 5.64. The van der Waals surface area contributed by atoms with Crippen LogP contribution in [0.2, 0.25) is 0 Å². The number of rotatable bonds is 6. The first kappa shape index (κ1) is 15.3. The van der Waals surface area contributed by atoms with E-state index in [-0.39, 0.29) is 5.91 Å². The summed E-state index contributed by atoms with van der Waals surface area (Å²) in [6.45, 7) is 3.95. The van der Waals surface area contributed by atoms with Crippen LogP contribution in [0.1, 0.15) is 37.0 Å². The van der Waals surface area contributed by atoms with Gasteiger partial charge in [-0.05, 0) is 37.6 Å². The second-order valence-electron chi connectivity index (χ2n) is 5.93. The number of amides is 1. The van der Waals surface area contributed by atoms with E-state index in [0.29, 0.717) is 19.3 Å². The van der Waals surface area contributed by atoms with Crippen molar-refractivity contribution in [2.24, 2.45) is 10.2 Å². The lowest BCUT2D eigenvalue weighted by atomic mass is 10.0. The van der Waals surface area contributed by atoms with Crippen LogP contribution in [0.5, 0.6) is 0 Å². The summed E-state index contributed by atoms with van der Waals surface area (Å²) in [7, 11) is 0. The highest BCUT2D eigenvalue weighted by molar-refractivity contribution is 5.94. The van der Waals surface area contributed by atoms with Gasteiger partial charge in [-0.1, -0.05) is 0 Å². The molecule has 0 saturated heterocycles. The van der Waals surface area contributed by atoms with Gasteiger partial charge in [-0.15, -0.1) is 12.3 Å². The molecule has 1 aliphatic heterocycles. The van der Waals surface area contributed by atoms with E-state index in [1.807, 2.05) is 32.0 Å². The van der Waals surface area contributed by atoms with Crippen LogP contribution < -0.4 is 5.32 Å². The molecule has 118 valence electrons. The van der Waals surface area contributed by atoms with Crippen molar-refractivity contribution in [1.29, 1.82) is 0 Å². The maximum atomic E-state index is 12.1. The summed E-state index contributed by atoms with van der Waals surface area (Å²) in [6, 6.07) is 5.67. The van der Waals surface area contributed by atoms with Gasteiger partial charge in [-0.25, -0.2) is 0 Å². The number of anilines is 1. The van der Waals surface area contributed by atoms with Crippen LogP contribution in [0, 0.1) is 26.2 Å². The standard InChI is InChI=1S/C18H19N3O2/c1-4-5-9-18(20-21-18)10-8-17(22)19-14-6-7-16-15(11-14)12(2)13(3)23-16/h1,6-7,11H,5,8-10H2,2-3H3,(H,19,22). The third-order valence-electron chi connectivity index (χ3n) is 4.26. The Bertz CT molecular complexity index is 821. The van der Waals surface area contributed by atoms with Crippen molar-refractivity contribution in [2.45, 2.75) is 45.2 Å². The molecule has 3 rings (SSSR count). The summed E-state index contributed by atoms with van der Waals surface area (Å²) in [5.41, 5.74) is 2.29. The summed E-state index contributed by atoms with van der Waals surface area (Å²) in [5, 5.41) is 12.0. The summed E-state index contributed by atoms with van der Waals surface area (Å²) in [6.07, 6.45) is 7.59. The van der Waals surface area contributed by atoms with Gasteiger partial charge in [0.2, 0.25) is 5.91 Å². The topological polar surface area (TPSA) is 67.0 Å². The number of benzene rings is 1. The van der Waals surface area contributed by atoms with Gasteiger partial charge in [0.15, 0.2) is 5.66 Å². The van der Waals surface area contributed by atoms with Crippen molar-refractivity contribution >= 4 is 22.6 Å². The predicted octanol–water partition coefficient (Wildman–Crippen LogP) is 4.34. The van der Waals surface area contributed by atoms with Gasteiger partial charge in [0.05, 0.1) is 0 Å². The second kappa shape index (κ2) is 5.88. The Morgan fingerprint density at radius 2 is 2.13 bits per heavy atom. The minimum absolute atomic E-state index is 0.0420. The number of carbonyl (C=O) groups excluding carboxylic acids is 1. The SMILES string of the molecule is C#CCCC1(CCC(=O)Nc2ccc3oc(C)c(C)c3c2)N=N1. The van der Waals surface area contributed by atoms with Crippen LogP contribution >= 0.6 is 0 Å². The van der Waals surface area contributed by atoms with Crippen LogP contribution in [-0.4, -0.2) is 11.6 Å². The minimum atomic E-state index is -0.411. The Balaban J connectivity index is 1.60. The molecule has 0 radical (unpaired) electrons. The first-order valence-electron chi connectivity index (χ1n) is 7.70. The number of aryl methyl sites for hydroxylation is 2. The molecule has 0 unspecified atom stereocenters. The van der Waals surface area contributed by atoms with Crippen molar-refractivity contribution in [3.05, 3.63) is 29.5 Å². The molecule has 0 spiro atoms. The quantitative estimate of drug-likeness (QED) is 0.806. The number of hydrogen-bond donors (Lipinski definition) is 1. The lowest BCUT2D eigenvalue weighted by Gasteiger charge is -2.09. The van der Waals surface area contributed by atoms with Gasteiger partial charge in [0.25, 0.3) is 0 Å². The number of hydrogen-bond acceptors (Lipinski definition) is 4. The monoisotopic (exact) mass is 309 g/mol. The molecule has 0 fully saturated rings. The van der Waals surface area contributed by atoms with Crippen LogP contribution in [0.25, 0.3) is 11.0 Å². The van der Waals surface area contributed by atoms with E-state index in [1.54, 1.807) is 0 Å². The predicted molar refractivity (Wildman–Crippen MR) is 89.2 cm³/mol. The van der Waals surface area contributed by atoms with Crippen LogP contribution in [0.3, 0.4) is 0 Å². The van der Waals surface area contributed by atoms with Gasteiger partial charge in [0, 0.05) is 36.8 Å². The molecule has 0 bridgehead atoms. The average Bonchev–Trinajstić information content (AvgIpc) is 3.26. The second-order valence-corrected chi connectivity index (χ2v) is 5.93. The zero-order valence-electron chi connectivity index (χ0n) is 13.3. The highest BCUT2D eigenvalue weighted by Crippen LogP contribution is 2.37. The van der Waals surface area contributed by atoms with Crippen molar-refractivity contribution in [1.82, 2.24) is 0 Å². The van der Waals surface area contributed by atoms with Crippen molar-refractivity contribution in [3.63, 3.8) is 0 Å². The van der Waals surface area contributed by atoms with E-state index in [4.69, 9.17) is 10.8 Å². The van der Waals surface area contributed by atoms with E-state index in [1.165, 1.54) is 0 Å². The molecule has 1 N–H and O–H groups in total. The molecule has 0 aliphatic carbocycles. The largest absolute Gasteiger partial charge is 0.461 e. The fraction of sp³-hybridized carbons (Fsp3) is 0.389. The maximum Gasteiger partial charge on any atom is 0.224 e. The first-order valence-corrected chi connectivity index (χ1v) is 7.70. The van der Waals surface area contributed by atoms with Crippen molar-refractivity contribution < 1.29 is 9.21 Å². The third-order valence-corrected chi connectivity index (χ3v) is 4.26. The number of terminal acetylenes is 1. The Kier molecular flexibility index (Phi) is 3.91. The van der Waals surface area contributed by atoms with E-state index in [9.17, 15) is 4.79 Å². The normalized spacial score (nSPS) is 14.7. The van der Waals surface area contributed by atoms with Crippen LogP contribution in [-0.2, 0) is 4.79 Å². The molecule has 2 aromatic rings. The fourth-order valence-electron chi connectivity index (χ4n) is 2.63. The minimum Gasteiger partial charge on any atom is -0.461 e. The lowest BCUT2D eigenvalue weighted by molar-refractivity contribution is -0.116. The highest BCUT2D eigenvalue weighted by Gasteiger charge is 2.39. The highest BCUT2D eigenvalue weighted by atomic mass is 16.3. The van der Waals surface area contributed by atoms with E-state index in [2.05, 4.69) is 21.5 Å². The molecule has 0 atom stereocenters. The molecule has 1 aromatic heterocycles. The fourth-order valence-corrected chi connectivity index (χ4v) is 2.63. The Labute approximate surface area is 135 Å². The van der Waals surface area contributed by atoms with E-state index in [0.717, 1.165) is 34.4 Å².